The van der Waals surface area contributed by atoms with Gasteiger partial charge in [-0.3, -0.25) is 9.98 Å². The van der Waals surface area contributed by atoms with Gasteiger partial charge in [-0.2, -0.15) is 0 Å². The van der Waals surface area contributed by atoms with E-state index in [1.54, 1.807) is 31.9 Å². The number of aromatic amines is 1. The fourth-order valence-electron chi connectivity index (χ4n) is 0.811. The predicted molar refractivity (Wildman–Crippen MR) is 49.9 cm³/mol. The van der Waals surface area contributed by atoms with Crippen molar-refractivity contribution in [2.24, 2.45) is 9.98 Å². The summed E-state index contributed by atoms with van der Waals surface area (Å²) in [6, 6.07) is 0.0676. The number of aliphatic imine (C=N–C) groups is 2. The molecule has 0 amide bonds. The quantitative estimate of drug-likeness (QED) is 0.671. The maximum atomic E-state index is 4.19. The van der Waals surface area contributed by atoms with Crippen molar-refractivity contribution < 1.29 is 0 Å². The van der Waals surface area contributed by atoms with Gasteiger partial charge in [0.05, 0.1) is 0 Å². The van der Waals surface area contributed by atoms with Gasteiger partial charge in [0.25, 0.3) is 0 Å². The fourth-order valence-corrected chi connectivity index (χ4v) is 0.811. The minimum Gasteiger partial charge on any atom is -0.347 e. The van der Waals surface area contributed by atoms with Crippen molar-refractivity contribution in [2.75, 3.05) is 7.05 Å². The van der Waals surface area contributed by atoms with E-state index in [0.29, 0.717) is 0 Å². The Hall–Kier alpha value is -1.45. The Kier molecular flexibility index (Phi) is 3.19. The molecule has 0 saturated carbocycles. The first kappa shape index (κ1) is 8.64. The average molecular weight is 164 g/mol. The summed E-state index contributed by atoms with van der Waals surface area (Å²) in [5.41, 5.74) is 0. The molecule has 1 aromatic heterocycles. The largest absolute Gasteiger partial charge is 0.347 e. The lowest BCUT2D eigenvalue weighted by Crippen LogP contribution is -1.93. The number of nitrogens with one attached hydrogen (secondary N) is 1. The molecule has 1 heterocycles. The topological polar surface area (TPSA) is 53.4 Å². The van der Waals surface area contributed by atoms with E-state index < -0.39 is 0 Å². The van der Waals surface area contributed by atoms with Crippen LogP contribution in [0.15, 0.2) is 22.4 Å². The smallest absolute Gasteiger partial charge is 0.130 e. The molecule has 0 aliphatic heterocycles. The van der Waals surface area contributed by atoms with E-state index in [-0.39, 0.29) is 6.04 Å². The summed E-state index contributed by atoms with van der Waals surface area (Å²) in [6.07, 6.45) is 6.83. The summed E-state index contributed by atoms with van der Waals surface area (Å²) in [5, 5.41) is 0. The molecule has 0 radical (unpaired) electrons. The molecule has 0 spiro atoms. The number of nitrogens with zero attached hydrogens (tertiary/aromatic N) is 3. The summed E-state index contributed by atoms with van der Waals surface area (Å²) < 4.78 is 0. The molecule has 1 unspecified atom stereocenters. The standard InChI is InChI=1S/C8H12N4/c1-7(10-4-3-9-2)8-11-5-6-12-8/h3-7H,1-2H3,(H,11,12). The lowest BCUT2D eigenvalue weighted by atomic mass is 10.3. The molecule has 0 aromatic carbocycles. The van der Waals surface area contributed by atoms with Crippen LogP contribution in [0.4, 0.5) is 0 Å². The van der Waals surface area contributed by atoms with Gasteiger partial charge >= 0.3 is 0 Å². The van der Waals surface area contributed by atoms with Crippen LogP contribution in [0.2, 0.25) is 0 Å². The Morgan fingerprint density at radius 1 is 1.58 bits per heavy atom. The van der Waals surface area contributed by atoms with E-state index in [1.807, 2.05) is 6.92 Å². The van der Waals surface area contributed by atoms with E-state index >= 15 is 0 Å². The monoisotopic (exact) mass is 164 g/mol. The van der Waals surface area contributed by atoms with Gasteiger partial charge in [0.15, 0.2) is 0 Å². The zero-order chi connectivity index (χ0) is 8.81. The fraction of sp³-hybridized carbons (Fsp3) is 0.375. The van der Waals surface area contributed by atoms with Crippen LogP contribution >= 0.6 is 0 Å². The summed E-state index contributed by atoms with van der Waals surface area (Å²) in [7, 11) is 1.71. The molecule has 1 N–H and O–H groups in total. The van der Waals surface area contributed by atoms with Gasteiger partial charge in [-0.1, -0.05) is 0 Å². The Morgan fingerprint density at radius 2 is 2.42 bits per heavy atom. The van der Waals surface area contributed by atoms with Gasteiger partial charge in [0, 0.05) is 31.9 Å². The molecule has 0 saturated heterocycles. The molecule has 1 aromatic rings. The van der Waals surface area contributed by atoms with Gasteiger partial charge in [-0.05, 0) is 6.92 Å². The second-order valence-electron chi connectivity index (χ2n) is 2.36. The third kappa shape index (κ3) is 2.30. The molecule has 0 bridgehead atoms. The molecule has 64 valence electrons. The van der Waals surface area contributed by atoms with Crippen molar-refractivity contribution in [1.29, 1.82) is 0 Å². The van der Waals surface area contributed by atoms with E-state index in [4.69, 9.17) is 0 Å². The summed E-state index contributed by atoms with van der Waals surface area (Å²) in [6.45, 7) is 1.97. The lowest BCUT2D eigenvalue weighted by Gasteiger charge is -1.98. The van der Waals surface area contributed by atoms with Crippen molar-refractivity contribution in [1.82, 2.24) is 9.97 Å². The number of H-pyrrole nitrogens is 1. The molecule has 4 heteroatoms. The van der Waals surface area contributed by atoms with Crippen LogP contribution in [-0.4, -0.2) is 29.4 Å². The maximum Gasteiger partial charge on any atom is 0.130 e. The minimum atomic E-state index is 0.0676. The van der Waals surface area contributed by atoms with Crippen LogP contribution in [0.5, 0.6) is 0 Å². The molecule has 1 rings (SSSR count). The van der Waals surface area contributed by atoms with Crippen LogP contribution in [-0.2, 0) is 0 Å². The Morgan fingerprint density at radius 3 is 3.00 bits per heavy atom. The SMILES string of the molecule is CN=CC=NC(C)c1ncc[nH]1. The van der Waals surface area contributed by atoms with Gasteiger partial charge in [0.2, 0.25) is 0 Å². The number of aromatic nitrogens is 2. The van der Waals surface area contributed by atoms with Gasteiger partial charge < -0.3 is 4.98 Å². The highest BCUT2D eigenvalue weighted by atomic mass is 15.0. The van der Waals surface area contributed by atoms with Gasteiger partial charge in [-0.15, -0.1) is 0 Å². The maximum absolute atomic E-state index is 4.19. The van der Waals surface area contributed by atoms with Crippen molar-refractivity contribution in [3.63, 3.8) is 0 Å². The zero-order valence-corrected chi connectivity index (χ0v) is 7.23. The highest BCUT2D eigenvalue weighted by molar-refractivity contribution is 6.15. The van der Waals surface area contributed by atoms with Gasteiger partial charge in [-0.25, -0.2) is 4.98 Å². The van der Waals surface area contributed by atoms with Crippen molar-refractivity contribution in [3.8, 4) is 0 Å². The third-order valence-electron chi connectivity index (χ3n) is 1.44. The highest BCUT2D eigenvalue weighted by Gasteiger charge is 2.02. The van der Waals surface area contributed by atoms with Crippen molar-refractivity contribution in [2.45, 2.75) is 13.0 Å². The number of imidazole rings is 1. The number of hydrogen-bond acceptors (Lipinski definition) is 3. The van der Waals surface area contributed by atoms with E-state index in [0.717, 1.165) is 5.82 Å². The third-order valence-corrected chi connectivity index (χ3v) is 1.44. The molecule has 0 fully saturated rings. The summed E-state index contributed by atoms with van der Waals surface area (Å²) in [5.74, 6) is 0.871. The average Bonchev–Trinajstić information content (AvgIpc) is 2.56. The van der Waals surface area contributed by atoms with Gasteiger partial charge in [0.1, 0.15) is 11.9 Å². The zero-order valence-electron chi connectivity index (χ0n) is 7.23. The van der Waals surface area contributed by atoms with Crippen LogP contribution in [0.3, 0.4) is 0 Å². The lowest BCUT2D eigenvalue weighted by molar-refractivity contribution is 0.763. The van der Waals surface area contributed by atoms with Crippen molar-refractivity contribution >= 4 is 12.4 Å². The number of rotatable bonds is 3. The molecular formula is C8H12N4. The normalized spacial score (nSPS) is 14.5. The molecule has 0 aliphatic rings. The Bertz CT molecular complexity index is 261. The van der Waals surface area contributed by atoms with E-state index in [1.165, 1.54) is 0 Å². The second kappa shape index (κ2) is 4.43. The van der Waals surface area contributed by atoms with Crippen LogP contribution in [0, 0.1) is 0 Å². The number of hydrogen-bond donors (Lipinski definition) is 1. The first-order chi connectivity index (χ1) is 5.84. The van der Waals surface area contributed by atoms with Crippen LogP contribution < -0.4 is 0 Å². The van der Waals surface area contributed by atoms with Crippen LogP contribution in [0.25, 0.3) is 0 Å². The molecule has 12 heavy (non-hydrogen) atoms. The minimum absolute atomic E-state index is 0.0676. The van der Waals surface area contributed by atoms with E-state index in [9.17, 15) is 0 Å². The Balaban J connectivity index is 2.55. The Labute approximate surface area is 71.5 Å². The molecule has 4 nitrogen and oxygen atoms in total. The molecule has 1 atom stereocenters. The second-order valence-corrected chi connectivity index (χ2v) is 2.36. The summed E-state index contributed by atoms with van der Waals surface area (Å²) >= 11 is 0. The summed E-state index contributed by atoms with van der Waals surface area (Å²) in [4.78, 5) is 15.0. The van der Waals surface area contributed by atoms with Crippen LogP contribution in [0.1, 0.15) is 18.8 Å². The first-order valence-electron chi connectivity index (χ1n) is 3.77. The van der Waals surface area contributed by atoms with E-state index in [2.05, 4.69) is 20.0 Å². The molecular weight excluding hydrogens is 152 g/mol. The van der Waals surface area contributed by atoms with Crippen molar-refractivity contribution in [3.05, 3.63) is 18.2 Å². The molecule has 0 aliphatic carbocycles. The first-order valence-corrected chi connectivity index (χ1v) is 3.77. The predicted octanol–water partition coefficient (Wildman–Crippen LogP) is 1.24. The highest BCUT2D eigenvalue weighted by Crippen LogP contribution is 2.09.